The first kappa shape index (κ1) is 21.4. The molecule has 1 aliphatic rings. The minimum absolute atomic E-state index is 0. The van der Waals surface area contributed by atoms with E-state index in [9.17, 15) is 4.79 Å². The van der Waals surface area contributed by atoms with Crippen molar-refractivity contribution in [2.45, 2.75) is 31.2 Å². The van der Waals surface area contributed by atoms with Gasteiger partial charge in [0.2, 0.25) is 5.91 Å². The topological polar surface area (TPSA) is 59.2 Å². The van der Waals surface area contributed by atoms with Gasteiger partial charge in [0.25, 0.3) is 0 Å². The Morgan fingerprint density at radius 2 is 1.92 bits per heavy atom. The molecule has 1 aliphatic heterocycles. The normalized spacial score (nSPS) is 20.3. The molecule has 3 atom stereocenters. The third kappa shape index (κ3) is 5.18. The first-order chi connectivity index (χ1) is 11.1. The van der Waals surface area contributed by atoms with Gasteiger partial charge < -0.3 is 10.6 Å². The Morgan fingerprint density at radius 3 is 2.56 bits per heavy atom. The number of nitrogens with zero attached hydrogens (tertiary/aromatic N) is 2. The summed E-state index contributed by atoms with van der Waals surface area (Å²) in [5.41, 5.74) is 8.60. The number of halogens is 2. The smallest absolute Gasteiger partial charge is 0.223 e. The molecule has 0 aliphatic carbocycles. The average molecular weight is 382 g/mol. The van der Waals surface area contributed by atoms with Gasteiger partial charge in [-0.2, -0.15) is 0 Å². The minimum Gasteiger partial charge on any atom is -0.340 e. The molecule has 4 nitrogen and oxygen atoms in total. The lowest BCUT2D eigenvalue weighted by Crippen LogP contribution is -2.32. The summed E-state index contributed by atoms with van der Waals surface area (Å²) in [6.45, 7) is 3.42. The van der Waals surface area contributed by atoms with Crippen LogP contribution in [0.1, 0.15) is 36.3 Å². The van der Waals surface area contributed by atoms with Crippen LogP contribution < -0.4 is 5.73 Å². The van der Waals surface area contributed by atoms with Crippen molar-refractivity contribution in [2.75, 3.05) is 13.1 Å². The molecule has 1 fully saturated rings. The molecule has 136 valence electrons. The fraction of sp³-hybridized carbons (Fsp3) is 0.368. The van der Waals surface area contributed by atoms with Crippen LogP contribution in [0, 0.1) is 0 Å². The highest BCUT2D eigenvalue weighted by Gasteiger charge is 2.34. The number of carbonyl (C=O) groups excluding carboxylic acids is 1. The number of nitrogens with two attached hydrogens (primary N) is 1. The van der Waals surface area contributed by atoms with E-state index in [1.54, 1.807) is 6.20 Å². The molecule has 0 radical (unpaired) electrons. The quantitative estimate of drug-likeness (QED) is 0.882. The van der Waals surface area contributed by atoms with Crippen molar-refractivity contribution in [2.24, 2.45) is 5.73 Å². The van der Waals surface area contributed by atoms with E-state index in [0.29, 0.717) is 19.5 Å². The number of carbonyl (C=O) groups is 1. The number of hydrogen-bond donors (Lipinski definition) is 1. The predicted molar refractivity (Wildman–Crippen MR) is 106 cm³/mol. The van der Waals surface area contributed by atoms with E-state index in [4.69, 9.17) is 5.73 Å². The lowest BCUT2D eigenvalue weighted by Gasteiger charge is -2.19. The van der Waals surface area contributed by atoms with E-state index in [1.807, 2.05) is 41.4 Å². The molecule has 0 bridgehead atoms. The maximum Gasteiger partial charge on any atom is 0.223 e. The van der Waals surface area contributed by atoms with Crippen LogP contribution in [-0.4, -0.2) is 34.9 Å². The van der Waals surface area contributed by atoms with E-state index in [0.717, 1.165) is 5.56 Å². The number of rotatable bonds is 4. The van der Waals surface area contributed by atoms with Gasteiger partial charge >= 0.3 is 0 Å². The molecule has 0 spiro atoms. The van der Waals surface area contributed by atoms with Gasteiger partial charge in [0.15, 0.2) is 0 Å². The zero-order valence-electron chi connectivity index (χ0n) is 14.2. The third-order valence-electron chi connectivity index (χ3n) is 4.68. The van der Waals surface area contributed by atoms with Crippen LogP contribution in [0.4, 0.5) is 0 Å². The molecular formula is C19H25Cl2N3O. The Bertz CT molecular complexity index is 654. The van der Waals surface area contributed by atoms with Gasteiger partial charge in [-0.25, -0.2) is 0 Å². The van der Waals surface area contributed by atoms with Crippen LogP contribution in [0.15, 0.2) is 54.9 Å². The molecule has 1 amide bonds. The Labute approximate surface area is 161 Å². The number of likely N-dealkylation sites (tertiary alicyclic amines) is 1. The van der Waals surface area contributed by atoms with Gasteiger partial charge in [-0.15, -0.1) is 24.8 Å². The molecule has 0 saturated carbocycles. The Hall–Kier alpha value is -1.62. The molecule has 1 aromatic heterocycles. The van der Waals surface area contributed by atoms with Crippen LogP contribution >= 0.6 is 24.8 Å². The van der Waals surface area contributed by atoms with Crippen LogP contribution in [0.5, 0.6) is 0 Å². The van der Waals surface area contributed by atoms with Gasteiger partial charge in [-0.1, -0.05) is 43.3 Å². The van der Waals surface area contributed by atoms with E-state index < -0.39 is 0 Å². The predicted octanol–water partition coefficient (Wildman–Crippen LogP) is 3.37. The molecule has 25 heavy (non-hydrogen) atoms. The summed E-state index contributed by atoms with van der Waals surface area (Å²) in [5, 5.41) is 0. The second kappa shape index (κ2) is 9.76. The average Bonchev–Trinajstić information content (AvgIpc) is 2.98. The number of hydrogen-bond acceptors (Lipinski definition) is 3. The summed E-state index contributed by atoms with van der Waals surface area (Å²) in [6, 6.07) is 14.2. The summed E-state index contributed by atoms with van der Waals surface area (Å²) in [7, 11) is 0. The Balaban J connectivity index is 0.00000156. The van der Waals surface area contributed by atoms with Crippen molar-refractivity contribution in [3.63, 3.8) is 0 Å². The van der Waals surface area contributed by atoms with Gasteiger partial charge in [0.05, 0.1) is 0 Å². The zero-order valence-corrected chi connectivity index (χ0v) is 15.9. The van der Waals surface area contributed by atoms with Gasteiger partial charge in [-0.3, -0.25) is 9.78 Å². The van der Waals surface area contributed by atoms with Crippen LogP contribution in [-0.2, 0) is 4.79 Å². The molecule has 1 unspecified atom stereocenters. The SMILES string of the molecule is CC(CC(=O)N1C[C@@H](N)[C@H](c2ccccc2)C1)c1cccnc1.Cl.Cl. The molecule has 2 heterocycles. The van der Waals surface area contributed by atoms with Crippen molar-refractivity contribution in [3.05, 3.63) is 66.0 Å². The summed E-state index contributed by atoms with van der Waals surface area (Å²) >= 11 is 0. The van der Waals surface area contributed by atoms with Crippen molar-refractivity contribution in [3.8, 4) is 0 Å². The monoisotopic (exact) mass is 381 g/mol. The van der Waals surface area contributed by atoms with E-state index in [-0.39, 0.29) is 48.6 Å². The zero-order chi connectivity index (χ0) is 16.2. The number of benzene rings is 1. The van der Waals surface area contributed by atoms with Crippen LogP contribution in [0.2, 0.25) is 0 Å². The standard InChI is InChI=1S/C19H23N3O.2ClH/c1-14(16-8-5-9-21-11-16)10-19(23)22-12-17(18(20)13-22)15-6-3-2-4-7-15;;/h2-9,11,14,17-18H,10,12-13,20H2,1H3;2*1H/t14?,17-,18+;;/m0../s1. The lowest BCUT2D eigenvalue weighted by molar-refractivity contribution is -0.130. The highest BCUT2D eigenvalue weighted by Crippen LogP contribution is 2.28. The number of aromatic nitrogens is 1. The molecule has 1 aromatic carbocycles. The van der Waals surface area contributed by atoms with E-state index in [1.165, 1.54) is 5.56 Å². The number of pyridine rings is 1. The van der Waals surface area contributed by atoms with Crippen LogP contribution in [0.25, 0.3) is 0 Å². The molecule has 3 rings (SSSR count). The minimum atomic E-state index is 0. The Kier molecular flexibility index (Phi) is 8.36. The van der Waals surface area contributed by atoms with E-state index in [2.05, 4.69) is 24.0 Å². The summed E-state index contributed by atoms with van der Waals surface area (Å²) in [5.74, 6) is 0.576. The summed E-state index contributed by atoms with van der Waals surface area (Å²) in [4.78, 5) is 18.6. The van der Waals surface area contributed by atoms with Crippen molar-refractivity contribution in [1.29, 1.82) is 0 Å². The maximum atomic E-state index is 12.6. The Morgan fingerprint density at radius 1 is 1.20 bits per heavy atom. The molecule has 6 heteroatoms. The fourth-order valence-corrected chi connectivity index (χ4v) is 3.26. The second-order valence-corrected chi connectivity index (χ2v) is 6.37. The van der Waals surface area contributed by atoms with Crippen molar-refractivity contribution >= 4 is 30.7 Å². The van der Waals surface area contributed by atoms with E-state index >= 15 is 0 Å². The van der Waals surface area contributed by atoms with Gasteiger partial charge in [-0.05, 0) is 23.1 Å². The summed E-state index contributed by atoms with van der Waals surface area (Å²) in [6.07, 6.45) is 4.09. The highest BCUT2D eigenvalue weighted by molar-refractivity contribution is 5.85. The van der Waals surface area contributed by atoms with Crippen molar-refractivity contribution in [1.82, 2.24) is 9.88 Å². The maximum absolute atomic E-state index is 12.6. The molecule has 2 aromatic rings. The third-order valence-corrected chi connectivity index (χ3v) is 4.68. The summed E-state index contributed by atoms with van der Waals surface area (Å²) < 4.78 is 0. The second-order valence-electron chi connectivity index (χ2n) is 6.37. The number of amides is 1. The molecule has 1 saturated heterocycles. The molecule has 2 N–H and O–H groups in total. The van der Waals surface area contributed by atoms with Gasteiger partial charge in [0, 0.05) is 43.9 Å². The first-order valence-corrected chi connectivity index (χ1v) is 8.13. The van der Waals surface area contributed by atoms with Crippen molar-refractivity contribution < 1.29 is 4.79 Å². The van der Waals surface area contributed by atoms with Gasteiger partial charge in [0.1, 0.15) is 0 Å². The molecular weight excluding hydrogens is 357 g/mol. The first-order valence-electron chi connectivity index (χ1n) is 8.13. The highest BCUT2D eigenvalue weighted by atomic mass is 35.5. The largest absolute Gasteiger partial charge is 0.340 e. The van der Waals surface area contributed by atoms with Crippen LogP contribution in [0.3, 0.4) is 0 Å². The lowest BCUT2D eigenvalue weighted by atomic mass is 9.95. The fourth-order valence-electron chi connectivity index (χ4n) is 3.26.